The van der Waals surface area contributed by atoms with E-state index in [9.17, 15) is 10.1 Å². The minimum atomic E-state index is -0.434. The lowest BCUT2D eigenvalue weighted by atomic mass is 10.2. The number of nitrogen functional groups attached to an aromatic ring is 1. The number of hydrogen-bond acceptors (Lipinski definition) is 4. The molecule has 0 bridgehead atoms. The molecule has 3 N–H and O–H groups in total. The summed E-state index contributed by atoms with van der Waals surface area (Å²) in [6.07, 6.45) is 0. The number of halogens is 1. The van der Waals surface area contributed by atoms with E-state index in [4.69, 9.17) is 5.84 Å². The molecule has 0 unspecified atom stereocenters. The molecule has 0 aromatic heterocycles. The van der Waals surface area contributed by atoms with Gasteiger partial charge in [0.2, 0.25) is 0 Å². The third kappa shape index (κ3) is 2.57. The Bertz CT molecular complexity index is 317. The van der Waals surface area contributed by atoms with Crippen LogP contribution in [0.1, 0.15) is 5.56 Å². The first kappa shape index (κ1) is 11.7. The van der Waals surface area contributed by atoms with Gasteiger partial charge in [0.15, 0.2) is 0 Å². The number of nitrogens with zero attached hydrogens (tertiary/aromatic N) is 1. The van der Waals surface area contributed by atoms with Gasteiger partial charge in [0.05, 0.1) is 10.6 Å². The Morgan fingerprint density at radius 1 is 1.54 bits per heavy atom. The summed E-state index contributed by atoms with van der Waals surface area (Å²) >= 11 is 0. The van der Waals surface area contributed by atoms with Crippen molar-refractivity contribution in [2.45, 2.75) is 6.92 Å². The summed E-state index contributed by atoms with van der Waals surface area (Å²) in [6.45, 7) is 1.68. The second-order valence-electron chi connectivity index (χ2n) is 2.40. The largest absolute Gasteiger partial charge is 0.324 e. The van der Waals surface area contributed by atoms with Crippen LogP contribution in [-0.2, 0) is 0 Å². The Balaban J connectivity index is 0.00000144. The fourth-order valence-corrected chi connectivity index (χ4v) is 0.896. The number of nitrogens with two attached hydrogens (primary N) is 1. The molecule has 0 saturated heterocycles. The molecule has 0 aliphatic rings. The zero-order chi connectivity index (χ0) is 9.14. The zero-order valence-electron chi connectivity index (χ0n) is 6.98. The molecule has 0 radical (unpaired) electrons. The molecule has 0 heterocycles. The first-order valence-electron chi connectivity index (χ1n) is 3.37. The quantitative estimate of drug-likeness (QED) is 0.435. The van der Waals surface area contributed by atoms with Crippen LogP contribution >= 0.6 is 12.4 Å². The lowest BCUT2D eigenvalue weighted by molar-refractivity contribution is -0.385. The molecule has 0 amide bonds. The van der Waals surface area contributed by atoms with Crippen molar-refractivity contribution in [3.8, 4) is 0 Å². The van der Waals surface area contributed by atoms with Gasteiger partial charge in [0.25, 0.3) is 5.69 Å². The van der Waals surface area contributed by atoms with E-state index in [0.717, 1.165) is 0 Å². The molecular formula is C7H10ClN3O2. The number of aryl methyl sites for hydroxylation is 1. The van der Waals surface area contributed by atoms with Gasteiger partial charge in [-0.2, -0.15) is 0 Å². The minimum Gasteiger partial charge on any atom is -0.324 e. The highest BCUT2D eigenvalue weighted by Gasteiger charge is 2.09. The van der Waals surface area contributed by atoms with E-state index < -0.39 is 4.92 Å². The molecule has 72 valence electrons. The third-order valence-electron chi connectivity index (χ3n) is 1.57. The van der Waals surface area contributed by atoms with E-state index in [1.807, 2.05) is 0 Å². The van der Waals surface area contributed by atoms with Gasteiger partial charge in [-0.1, -0.05) is 6.07 Å². The second-order valence-corrected chi connectivity index (χ2v) is 2.40. The number of benzene rings is 1. The Kier molecular flexibility index (Phi) is 4.16. The van der Waals surface area contributed by atoms with Crippen LogP contribution in [0.4, 0.5) is 11.4 Å². The van der Waals surface area contributed by atoms with Crippen LogP contribution in [0.5, 0.6) is 0 Å². The SMILES string of the molecule is Cc1ccc(NN)cc1[N+](=O)[O-].Cl. The summed E-state index contributed by atoms with van der Waals surface area (Å²) in [5.41, 5.74) is 3.58. The van der Waals surface area contributed by atoms with E-state index in [-0.39, 0.29) is 18.1 Å². The normalized spacial score (nSPS) is 8.77. The summed E-state index contributed by atoms with van der Waals surface area (Å²) in [6, 6.07) is 4.73. The van der Waals surface area contributed by atoms with E-state index in [1.165, 1.54) is 6.07 Å². The highest BCUT2D eigenvalue weighted by molar-refractivity contribution is 5.85. The lowest BCUT2D eigenvalue weighted by Gasteiger charge is -2.00. The number of nitrogens with one attached hydrogen (secondary N) is 1. The molecule has 0 aliphatic carbocycles. The number of nitro benzene ring substituents is 1. The smallest absolute Gasteiger partial charge is 0.274 e. The lowest BCUT2D eigenvalue weighted by Crippen LogP contribution is -2.07. The number of hydrogen-bond donors (Lipinski definition) is 2. The topological polar surface area (TPSA) is 81.2 Å². The van der Waals surface area contributed by atoms with Crippen molar-refractivity contribution in [2.24, 2.45) is 5.84 Å². The third-order valence-corrected chi connectivity index (χ3v) is 1.57. The van der Waals surface area contributed by atoms with Gasteiger partial charge in [-0.25, -0.2) is 0 Å². The summed E-state index contributed by atoms with van der Waals surface area (Å²) in [5, 5.41) is 10.4. The van der Waals surface area contributed by atoms with Gasteiger partial charge in [0.1, 0.15) is 0 Å². The molecule has 5 nitrogen and oxygen atoms in total. The molecule has 0 spiro atoms. The Morgan fingerprint density at radius 3 is 2.62 bits per heavy atom. The summed E-state index contributed by atoms with van der Waals surface area (Å²) < 4.78 is 0. The van der Waals surface area contributed by atoms with Gasteiger partial charge in [0, 0.05) is 11.6 Å². The first-order chi connectivity index (χ1) is 5.65. The summed E-state index contributed by atoms with van der Waals surface area (Å²) in [4.78, 5) is 9.99. The van der Waals surface area contributed by atoms with Crippen molar-refractivity contribution in [1.29, 1.82) is 0 Å². The van der Waals surface area contributed by atoms with Crippen molar-refractivity contribution in [2.75, 3.05) is 5.43 Å². The number of nitro groups is 1. The van der Waals surface area contributed by atoms with Gasteiger partial charge in [-0.05, 0) is 13.0 Å². The minimum absolute atomic E-state index is 0. The standard InChI is InChI=1S/C7H9N3O2.ClH/c1-5-2-3-6(9-8)4-7(5)10(11)12;/h2-4,9H,8H2,1H3;1H. The predicted molar refractivity (Wildman–Crippen MR) is 52.9 cm³/mol. The zero-order valence-corrected chi connectivity index (χ0v) is 7.80. The van der Waals surface area contributed by atoms with E-state index in [1.54, 1.807) is 19.1 Å². The number of hydrazine groups is 1. The Hall–Kier alpha value is -1.33. The molecule has 0 saturated carbocycles. The van der Waals surface area contributed by atoms with Crippen LogP contribution in [-0.4, -0.2) is 4.92 Å². The summed E-state index contributed by atoms with van der Waals surface area (Å²) in [5.74, 6) is 5.10. The van der Waals surface area contributed by atoms with Crippen LogP contribution < -0.4 is 11.3 Å². The van der Waals surface area contributed by atoms with E-state index in [0.29, 0.717) is 11.3 Å². The van der Waals surface area contributed by atoms with Gasteiger partial charge in [-0.15, -0.1) is 12.4 Å². The van der Waals surface area contributed by atoms with Crippen LogP contribution in [0, 0.1) is 17.0 Å². The van der Waals surface area contributed by atoms with Crippen molar-refractivity contribution in [1.82, 2.24) is 0 Å². The second kappa shape index (κ2) is 4.64. The monoisotopic (exact) mass is 203 g/mol. The fourth-order valence-electron chi connectivity index (χ4n) is 0.896. The fraction of sp³-hybridized carbons (Fsp3) is 0.143. The van der Waals surface area contributed by atoms with Crippen molar-refractivity contribution in [3.05, 3.63) is 33.9 Å². The maximum Gasteiger partial charge on any atom is 0.274 e. The molecule has 1 rings (SSSR count). The van der Waals surface area contributed by atoms with Crippen LogP contribution in [0.2, 0.25) is 0 Å². The maximum atomic E-state index is 10.4. The maximum absolute atomic E-state index is 10.4. The molecule has 13 heavy (non-hydrogen) atoms. The van der Waals surface area contributed by atoms with Crippen molar-refractivity contribution >= 4 is 23.8 Å². The van der Waals surface area contributed by atoms with Crippen LogP contribution in [0.25, 0.3) is 0 Å². The highest BCUT2D eigenvalue weighted by atomic mass is 35.5. The van der Waals surface area contributed by atoms with E-state index in [2.05, 4.69) is 5.43 Å². The van der Waals surface area contributed by atoms with Crippen LogP contribution in [0.15, 0.2) is 18.2 Å². The molecule has 1 aromatic carbocycles. The first-order valence-corrected chi connectivity index (χ1v) is 3.37. The van der Waals surface area contributed by atoms with Gasteiger partial charge in [-0.3, -0.25) is 16.0 Å². The molecule has 1 aromatic rings. The van der Waals surface area contributed by atoms with Gasteiger partial charge < -0.3 is 5.43 Å². The number of anilines is 1. The number of rotatable bonds is 2. The Morgan fingerprint density at radius 2 is 2.15 bits per heavy atom. The van der Waals surface area contributed by atoms with Crippen molar-refractivity contribution in [3.63, 3.8) is 0 Å². The average molecular weight is 204 g/mol. The molecule has 0 aliphatic heterocycles. The van der Waals surface area contributed by atoms with E-state index >= 15 is 0 Å². The molecule has 0 fully saturated rings. The summed E-state index contributed by atoms with van der Waals surface area (Å²) in [7, 11) is 0. The Labute approximate surface area is 81.5 Å². The highest BCUT2D eigenvalue weighted by Crippen LogP contribution is 2.21. The van der Waals surface area contributed by atoms with Gasteiger partial charge >= 0.3 is 0 Å². The van der Waals surface area contributed by atoms with Crippen molar-refractivity contribution < 1.29 is 4.92 Å². The van der Waals surface area contributed by atoms with Crippen LogP contribution in [0.3, 0.4) is 0 Å². The predicted octanol–water partition coefficient (Wildman–Crippen LogP) is 1.61. The molecular weight excluding hydrogens is 194 g/mol. The average Bonchev–Trinajstić information content (AvgIpc) is 2.05. The molecule has 0 atom stereocenters. The molecule has 6 heteroatoms.